The van der Waals surface area contributed by atoms with Gasteiger partial charge in [0.15, 0.2) is 0 Å². The zero-order chi connectivity index (χ0) is 18.0. The average molecular weight is 376 g/mol. The van der Waals surface area contributed by atoms with Crippen LogP contribution in [0, 0.1) is 5.92 Å². The molecule has 2 aliphatic heterocycles. The number of hydrogen-bond donors (Lipinski definition) is 0. The van der Waals surface area contributed by atoms with Crippen LogP contribution in [0.5, 0.6) is 0 Å². The van der Waals surface area contributed by atoms with Crippen LogP contribution in [0.4, 0.5) is 0 Å². The zero-order valence-corrected chi connectivity index (χ0v) is 16.3. The Morgan fingerprint density at radius 2 is 1.77 bits per heavy atom. The average Bonchev–Trinajstić information content (AvgIpc) is 3.18. The summed E-state index contributed by atoms with van der Waals surface area (Å²) >= 11 is 6.05. The van der Waals surface area contributed by atoms with E-state index in [-0.39, 0.29) is 5.97 Å². The molecule has 1 aromatic carbocycles. The van der Waals surface area contributed by atoms with E-state index in [4.69, 9.17) is 16.3 Å². The second-order valence-corrected chi connectivity index (χ2v) is 8.83. The molecule has 2 atom stereocenters. The van der Waals surface area contributed by atoms with E-state index < -0.39 is 5.41 Å². The molecule has 0 amide bonds. The van der Waals surface area contributed by atoms with Crippen molar-refractivity contribution in [3.63, 3.8) is 0 Å². The zero-order valence-electron chi connectivity index (χ0n) is 15.6. The molecule has 4 rings (SSSR count). The molecule has 142 valence electrons. The van der Waals surface area contributed by atoms with Gasteiger partial charge >= 0.3 is 5.97 Å². The molecular formula is C22H30ClNO2. The van der Waals surface area contributed by atoms with Gasteiger partial charge in [0.25, 0.3) is 0 Å². The van der Waals surface area contributed by atoms with Gasteiger partial charge in [-0.2, -0.15) is 0 Å². The van der Waals surface area contributed by atoms with Crippen molar-refractivity contribution in [2.75, 3.05) is 19.7 Å². The molecule has 3 aliphatic rings. The minimum Gasteiger partial charge on any atom is -0.465 e. The summed E-state index contributed by atoms with van der Waals surface area (Å²) in [4.78, 5) is 15.8. The summed E-state index contributed by atoms with van der Waals surface area (Å²) in [5.41, 5.74) is 0.623. The number of benzene rings is 1. The summed E-state index contributed by atoms with van der Waals surface area (Å²) in [6.07, 6.45) is 10.3. The SMILES string of the molecule is O=C(OCC1CCCN2CCCCC12)C1(c2ccc(Cl)cc2)CCCC1. The molecule has 2 unspecified atom stereocenters. The molecule has 26 heavy (non-hydrogen) atoms. The normalized spacial score (nSPS) is 28.5. The maximum Gasteiger partial charge on any atom is 0.316 e. The maximum absolute atomic E-state index is 13.2. The number of rotatable bonds is 4. The van der Waals surface area contributed by atoms with E-state index >= 15 is 0 Å². The third-order valence-electron chi connectivity index (χ3n) is 6.90. The fourth-order valence-corrected chi connectivity index (χ4v) is 5.58. The molecule has 2 saturated heterocycles. The van der Waals surface area contributed by atoms with Crippen molar-refractivity contribution in [3.8, 4) is 0 Å². The van der Waals surface area contributed by atoms with E-state index in [1.54, 1.807) is 0 Å². The Kier molecular flexibility index (Phi) is 5.56. The number of carbonyl (C=O) groups is 1. The highest BCUT2D eigenvalue weighted by Crippen LogP contribution is 2.43. The third-order valence-corrected chi connectivity index (χ3v) is 7.15. The summed E-state index contributed by atoms with van der Waals surface area (Å²) < 4.78 is 6.00. The first kappa shape index (κ1) is 18.3. The molecule has 3 fully saturated rings. The van der Waals surface area contributed by atoms with E-state index in [0.717, 1.165) is 36.3 Å². The van der Waals surface area contributed by atoms with Crippen molar-refractivity contribution in [1.82, 2.24) is 4.90 Å². The number of hydrogen-bond acceptors (Lipinski definition) is 3. The van der Waals surface area contributed by atoms with Crippen LogP contribution in [-0.2, 0) is 14.9 Å². The van der Waals surface area contributed by atoms with Gasteiger partial charge < -0.3 is 4.74 Å². The Morgan fingerprint density at radius 1 is 1.04 bits per heavy atom. The van der Waals surface area contributed by atoms with Crippen LogP contribution < -0.4 is 0 Å². The van der Waals surface area contributed by atoms with Crippen LogP contribution in [-0.4, -0.2) is 36.6 Å². The number of ether oxygens (including phenoxy) is 1. The fraction of sp³-hybridized carbons (Fsp3) is 0.682. The predicted octanol–water partition coefficient (Wildman–Crippen LogP) is 4.96. The number of esters is 1. The summed E-state index contributed by atoms with van der Waals surface area (Å²) in [6, 6.07) is 8.44. The quantitative estimate of drug-likeness (QED) is 0.696. The molecule has 1 saturated carbocycles. The number of halogens is 1. The second-order valence-electron chi connectivity index (χ2n) is 8.40. The molecule has 4 heteroatoms. The van der Waals surface area contributed by atoms with Crippen molar-refractivity contribution in [3.05, 3.63) is 34.9 Å². The molecule has 0 bridgehead atoms. The van der Waals surface area contributed by atoms with Gasteiger partial charge in [0, 0.05) is 17.0 Å². The van der Waals surface area contributed by atoms with E-state index in [2.05, 4.69) is 4.90 Å². The maximum atomic E-state index is 13.2. The molecular weight excluding hydrogens is 346 g/mol. The van der Waals surface area contributed by atoms with Crippen LogP contribution >= 0.6 is 11.6 Å². The minimum absolute atomic E-state index is 0.00902. The van der Waals surface area contributed by atoms with Gasteiger partial charge in [-0.15, -0.1) is 0 Å². The first-order chi connectivity index (χ1) is 12.7. The topological polar surface area (TPSA) is 29.5 Å². The minimum atomic E-state index is -0.453. The van der Waals surface area contributed by atoms with Gasteiger partial charge in [-0.25, -0.2) is 0 Å². The highest BCUT2D eigenvalue weighted by atomic mass is 35.5. The van der Waals surface area contributed by atoms with Gasteiger partial charge in [-0.1, -0.05) is 43.0 Å². The van der Waals surface area contributed by atoms with E-state index in [9.17, 15) is 4.79 Å². The standard InChI is InChI=1S/C22H30ClNO2/c23-19-10-8-18(9-11-19)22(12-2-3-13-22)21(25)26-16-17-6-5-15-24-14-4-1-7-20(17)24/h8-11,17,20H,1-7,12-16H2. The Balaban J connectivity index is 1.44. The molecule has 1 aliphatic carbocycles. The number of carbonyl (C=O) groups excluding carboxylic acids is 1. The van der Waals surface area contributed by atoms with E-state index in [0.29, 0.717) is 18.6 Å². The Bertz CT molecular complexity index is 622. The van der Waals surface area contributed by atoms with Gasteiger partial charge in [0.05, 0.1) is 12.0 Å². The van der Waals surface area contributed by atoms with Gasteiger partial charge in [0.2, 0.25) is 0 Å². The van der Waals surface area contributed by atoms with Crippen LogP contribution in [0.3, 0.4) is 0 Å². The van der Waals surface area contributed by atoms with Crippen molar-refractivity contribution in [1.29, 1.82) is 0 Å². The number of piperidine rings is 2. The lowest BCUT2D eigenvalue weighted by atomic mass is 9.79. The van der Waals surface area contributed by atoms with E-state index in [1.165, 1.54) is 45.2 Å². The number of fused-ring (bicyclic) bond motifs is 1. The molecule has 0 aromatic heterocycles. The van der Waals surface area contributed by atoms with Crippen LogP contribution in [0.25, 0.3) is 0 Å². The fourth-order valence-electron chi connectivity index (χ4n) is 5.45. The summed E-state index contributed by atoms with van der Waals surface area (Å²) in [7, 11) is 0. The van der Waals surface area contributed by atoms with Gasteiger partial charge in [0.1, 0.15) is 0 Å². The van der Waals surface area contributed by atoms with Crippen LogP contribution in [0.1, 0.15) is 63.4 Å². The predicted molar refractivity (Wildman–Crippen MR) is 104 cm³/mol. The molecule has 0 radical (unpaired) electrons. The lowest BCUT2D eigenvalue weighted by Gasteiger charge is -2.44. The Hall–Kier alpha value is -1.06. The van der Waals surface area contributed by atoms with Crippen LogP contribution in [0.15, 0.2) is 24.3 Å². The van der Waals surface area contributed by atoms with Crippen molar-refractivity contribution < 1.29 is 9.53 Å². The highest BCUT2D eigenvalue weighted by Gasteiger charge is 2.45. The number of nitrogens with zero attached hydrogens (tertiary/aromatic N) is 1. The molecule has 0 N–H and O–H groups in total. The van der Waals surface area contributed by atoms with Crippen LogP contribution in [0.2, 0.25) is 5.02 Å². The van der Waals surface area contributed by atoms with Crippen molar-refractivity contribution in [2.24, 2.45) is 5.92 Å². The lowest BCUT2D eigenvalue weighted by Crippen LogP contribution is -2.49. The largest absolute Gasteiger partial charge is 0.465 e. The third kappa shape index (κ3) is 3.53. The van der Waals surface area contributed by atoms with Gasteiger partial charge in [-0.3, -0.25) is 9.69 Å². The first-order valence-corrected chi connectivity index (χ1v) is 10.7. The Morgan fingerprint density at radius 3 is 2.54 bits per heavy atom. The molecule has 2 heterocycles. The highest BCUT2D eigenvalue weighted by molar-refractivity contribution is 6.30. The van der Waals surface area contributed by atoms with Gasteiger partial charge in [-0.05, 0) is 69.3 Å². The monoisotopic (exact) mass is 375 g/mol. The Labute approximate surface area is 162 Å². The molecule has 0 spiro atoms. The molecule has 1 aromatic rings. The summed E-state index contributed by atoms with van der Waals surface area (Å²) in [6.45, 7) is 3.04. The summed E-state index contributed by atoms with van der Waals surface area (Å²) in [5, 5.41) is 0.717. The molecule has 3 nitrogen and oxygen atoms in total. The van der Waals surface area contributed by atoms with E-state index in [1.807, 2.05) is 24.3 Å². The van der Waals surface area contributed by atoms with Crippen molar-refractivity contribution >= 4 is 17.6 Å². The first-order valence-electron chi connectivity index (χ1n) is 10.4. The smallest absolute Gasteiger partial charge is 0.316 e. The second kappa shape index (κ2) is 7.90. The summed E-state index contributed by atoms with van der Waals surface area (Å²) in [5.74, 6) is 0.502. The van der Waals surface area contributed by atoms with Crippen molar-refractivity contribution in [2.45, 2.75) is 69.2 Å². The lowest BCUT2D eigenvalue weighted by molar-refractivity contribution is -0.153.